The van der Waals surface area contributed by atoms with E-state index in [4.69, 9.17) is 9.47 Å². The summed E-state index contributed by atoms with van der Waals surface area (Å²) in [7, 11) is 6.16. The molecule has 4 unspecified atom stereocenters. The standard InChI is InChI=1S/C10H17NO2/c1-11(2)10-5-6(12-3)4-7(10)8-9(10)13-8/h6-9H,4-5H2,1-3H3/t6?,7?,8-,9?,10?/m1/s1. The third-order valence-corrected chi connectivity index (χ3v) is 4.29. The van der Waals surface area contributed by atoms with Gasteiger partial charge in [0.1, 0.15) is 6.10 Å². The molecule has 5 atom stereocenters. The van der Waals surface area contributed by atoms with Gasteiger partial charge in [-0.25, -0.2) is 0 Å². The summed E-state index contributed by atoms with van der Waals surface area (Å²) in [4.78, 5) is 2.35. The van der Waals surface area contributed by atoms with Crippen molar-refractivity contribution in [2.24, 2.45) is 5.92 Å². The van der Waals surface area contributed by atoms with E-state index < -0.39 is 0 Å². The van der Waals surface area contributed by atoms with Gasteiger partial charge in [0.15, 0.2) is 0 Å². The number of fused-ring (bicyclic) bond motifs is 4. The molecule has 3 fully saturated rings. The second-order valence-electron chi connectivity index (χ2n) is 4.81. The van der Waals surface area contributed by atoms with Gasteiger partial charge in [-0.3, -0.25) is 0 Å². The van der Waals surface area contributed by atoms with Crippen LogP contribution in [0.5, 0.6) is 0 Å². The van der Waals surface area contributed by atoms with Gasteiger partial charge in [0.25, 0.3) is 0 Å². The number of hydrogen-bond acceptors (Lipinski definition) is 3. The maximum Gasteiger partial charge on any atom is 0.103 e. The molecule has 0 amide bonds. The Morgan fingerprint density at radius 1 is 1.46 bits per heavy atom. The summed E-state index contributed by atoms with van der Waals surface area (Å²) in [6.45, 7) is 0. The van der Waals surface area contributed by atoms with Gasteiger partial charge in [-0.15, -0.1) is 0 Å². The van der Waals surface area contributed by atoms with Crippen LogP contribution in [0.15, 0.2) is 0 Å². The highest BCUT2D eigenvalue weighted by atomic mass is 16.6. The van der Waals surface area contributed by atoms with Crippen molar-refractivity contribution in [2.75, 3.05) is 21.2 Å². The molecule has 0 aromatic rings. The van der Waals surface area contributed by atoms with E-state index in [0.717, 1.165) is 12.3 Å². The number of methoxy groups -OCH3 is 1. The lowest BCUT2D eigenvalue weighted by Crippen LogP contribution is -2.61. The molecule has 3 heteroatoms. The Morgan fingerprint density at radius 3 is 2.77 bits per heavy atom. The minimum atomic E-state index is 0.325. The Labute approximate surface area is 79.0 Å². The minimum absolute atomic E-state index is 0.325. The van der Waals surface area contributed by atoms with Crippen molar-refractivity contribution in [3.8, 4) is 0 Å². The number of ether oxygens (including phenoxy) is 2. The average molecular weight is 183 g/mol. The first-order valence-corrected chi connectivity index (χ1v) is 5.06. The van der Waals surface area contributed by atoms with Crippen molar-refractivity contribution in [3.05, 3.63) is 0 Å². The number of rotatable bonds is 2. The van der Waals surface area contributed by atoms with Gasteiger partial charge in [-0.2, -0.15) is 0 Å². The highest BCUT2D eigenvalue weighted by Gasteiger charge is 2.77. The first-order chi connectivity index (χ1) is 6.20. The van der Waals surface area contributed by atoms with Crippen LogP contribution in [0, 0.1) is 5.92 Å². The van der Waals surface area contributed by atoms with Crippen molar-refractivity contribution in [1.82, 2.24) is 4.90 Å². The van der Waals surface area contributed by atoms with Crippen LogP contribution in [0.25, 0.3) is 0 Å². The van der Waals surface area contributed by atoms with Crippen LogP contribution in [-0.2, 0) is 9.47 Å². The lowest BCUT2D eigenvalue weighted by Gasteiger charge is -2.45. The predicted molar refractivity (Wildman–Crippen MR) is 48.6 cm³/mol. The lowest BCUT2D eigenvalue weighted by molar-refractivity contribution is 0.0389. The summed E-state index contributed by atoms with van der Waals surface area (Å²) in [5.41, 5.74) is 0.325. The average Bonchev–Trinajstić information content (AvgIpc) is 2.74. The monoisotopic (exact) mass is 183 g/mol. The first-order valence-electron chi connectivity index (χ1n) is 5.06. The molecule has 3 aliphatic rings. The Hall–Kier alpha value is -0.120. The molecule has 1 heterocycles. The first kappa shape index (κ1) is 8.21. The summed E-state index contributed by atoms with van der Waals surface area (Å²) in [6.07, 6.45) is 3.90. The fourth-order valence-corrected chi connectivity index (χ4v) is 3.49. The van der Waals surface area contributed by atoms with Crippen LogP contribution in [0.3, 0.4) is 0 Å². The SMILES string of the molecule is COC1CC2[C@H]3OC3C2(N(C)C)C1. The Balaban J connectivity index is 1.85. The zero-order chi connectivity index (χ0) is 9.22. The summed E-state index contributed by atoms with van der Waals surface area (Å²) >= 11 is 0. The van der Waals surface area contributed by atoms with E-state index in [-0.39, 0.29) is 0 Å². The predicted octanol–water partition coefficient (Wildman–Crippen LogP) is 0.493. The number of hydrogen-bond donors (Lipinski definition) is 0. The maximum atomic E-state index is 5.66. The van der Waals surface area contributed by atoms with E-state index in [0.29, 0.717) is 23.9 Å². The van der Waals surface area contributed by atoms with Crippen LogP contribution >= 0.6 is 0 Å². The number of nitrogens with zero attached hydrogens (tertiary/aromatic N) is 1. The Bertz CT molecular complexity index is 239. The van der Waals surface area contributed by atoms with Gasteiger partial charge in [0, 0.05) is 13.0 Å². The highest BCUT2D eigenvalue weighted by molar-refractivity contribution is 5.28. The van der Waals surface area contributed by atoms with E-state index >= 15 is 0 Å². The molecular weight excluding hydrogens is 166 g/mol. The van der Waals surface area contributed by atoms with E-state index in [9.17, 15) is 0 Å². The molecule has 3 rings (SSSR count). The Kier molecular flexibility index (Phi) is 1.43. The Morgan fingerprint density at radius 2 is 2.23 bits per heavy atom. The van der Waals surface area contributed by atoms with Crippen molar-refractivity contribution in [3.63, 3.8) is 0 Å². The van der Waals surface area contributed by atoms with Crippen molar-refractivity contribution in [2.45, 2.75) is 36.7 Å². The van der Waals surface area contributed by atoms with Gasteiger partial charge in [0.05, 0.1) is 17.7 Å². The third-order valence-electron chi connectivity index (χ3n) is 4.29. The fraction of sp³-hybridized carbons (Fsp3) is 1.00. The van der Waals surface area contributed by atoms with Crippen molar-refractivity contribution in [1.29, 1.82) is 0 Å². The van der Waals surface area contributed by atoms with Crippen molar-refractivity contribution < 1.29 is 9.47 Å². The minimum Gasteiger partial charge on any atom is -0.381 e. The van der Waals surface area contributed by atoms with Crippen LogP contribution in [-0.4, -0.2) is 50.0 Å². The van der Waals surface area contributed by atoms with E-state index in [1.54, 1.807) is 0 Å². The molecule has 3 nitrogen and oxygen atoms in total. The largest absolute Gasteiger partial charge is 0.381 e. The molecule has 2 saturated carbocycles. The van der Waals surface area contributed by atoms with Gasteiger partial charge >= 0.3 is 0 Å². The summed E-state index contributed by atoms with van der Waals surface area (Å²) in [5, 5.41) is 0. The number of epoxide rings is 1. The molecule has 74 valence electrons. The molecule has 13 heavy (non-hydrogen) atoms. The second-order valence-corrected chi connectivity index (χ2v) is 4.81. The van der Waals surface area contributed by atoms with Crippen LogP contribution < -0.4 is 0 Å². The summed E-state index contributed by atoms with van der Waals surface area (Å²) in [5.74, 6) is 0.734. The molecule has 0 N–H and O–H groups in total. The van der Waals surface area contributed by atoms with Gasteiger partial charge < -0.3 is 14.4 Å². The van der Waals surface area contributed by atoms with E-state index in [1.807, 2.05) is 7.11 Å². The van der Waals surface area contributed by atoms with Gasteiger partial charge in [0.2, 0.25) is 0 Å². The van der Waals surface area contributed by atoms with E-state index in [2.05, 4.69) is 19.0 Å². The second kappa shape index (κ2) is 2.27. The zero-order valence-corrected chi connectivity index (χ0v) is 8.49. The topological polar surface area (TPSA) is 25.0 Å². The quantitative estimate of drug-likeness (QED) is 0.583. The molecular formula is C10H17NO2. The molecule has 0 aromatic carbocycles. The van der Waals surface area contributed by atoms with Crippen LogP contribution in [0.4, 0.5) is 0 Å². The van der Waals surface area contributed by atoms with Crippen molar-refractivity contribution >= 4 is 0 Å². The summed E-state index contributed by atoms with van der Waals surface area (Å²) < 4.78 is 11.1. The molecule has 1 aliphatic heterocycles. The number of likely N-dealkylation sites (N-methyl/N-ethyl adjacent to an activating group) is 1. The van der Waals surface area contributed by atoms with Crippen LogP contribution in [0.1, 0.15) is 12.8 Å². The zero-order valence-electron chi connectivity index (χ0n) is 8.49. The third kappa shape index (κ3) is 0.767. The van der Waals surface area contributed by atoms with Gasteiger partial charge in [-0.05, 0) is 26.9 Å². The van der Waals surface area contributed by atoms with Crippen LogP contribution in [0.2, 0.25) is 0 Å². The smallest absolute Gasteiger partial charge is 0.103 e. The van der Waals surface area contributed by atoms with Gasteiger partial charge in [-0.1, -0.05) is 0 Å². The molecule has 2 aliphatic carbocycles. The fourth-order valence-electron chi connectivity index (χ4n) is 3.49. The lowest BCUT2D eigenvalue weighted by atomic mass is 9.68. The molecule has 0 bridgehead atoms. The molecule has 0 radical (unpaired) electrons. The molecule has 0 spiro atoms. The highest BCUT2D eigenvalue weighted by Crippen LogP contribution is 2.64. The summed E-state index contributed by atoms with van der Waals surface area (Å²) in [6, 6.07) is 0. The molecule has 1 saturated heterocycles. The van der Waals surface area contributed by atoms with E-state index in [1.165, 1.54) is 6.42 Å². The normalized spacial score (nSPS) is 57.2. The maximum absolute atomic E-state index is 5.66. The molecule has 0 aromatic heterocycles.